The summed E-state index contributed by atoms with van der Waals surface area (Å²) in [6.07, 6.45) is 0.941. The molecule has 1 fully saturated rings. The third-order valence-corrected chi connectivity index (χ3v) is 7.44. The highest BCUT2D eigenvalue weighted by molar-refractivity contribution is 7.92. The zero-order valence-electron chi connectivity index (χ0n) is 18.9. The number of likely N-dealkylation sites (tertiary alicyclic amines) is 1. The van der Waals surface area contributed by atoms with Gasteiger partial charge in [0.25, 0.3) is 10.0 Å². The number of hydrogen-bond acceptors (Lipinski definition) is 7. The lowest BCUT2D eigenvalue weighted by Gasteiger charge is -2.33. The Labute approximate surface area is 193 Å². The van der Waals surface area contributed by atoms with Crippen LogP contribution in [0.4, 0.5) is 5.69 Å². The van der Waals surface area contributed by atoms with Crippen molar-refractivity contribution in [3.63, 3.8) is 0 Å². The van der Waals surface area contributed by atoms with E-state index in [-0.39, 0.29) is 28.4 Å². The fourth-order valence-electron chi connectivity index (χ4n) is 3.76. The van der Waals surface area contributed by atoms with Gasteiger partial charge in [0, 0.05) is 13.1 Å². The minimum Gasteiger partial charge on any atom is -0.497 e. The number of rotatable bonds is 8. The van der Waals surface area contributed by atoms with E-state index in [1.54, 1.807) is 41.3 Å². The highest BCUT2D eigenvalue weighted by Crippen LogP contribution is 2.33. The third-order valence-electron chi connectivity index (χ3n) is 5.66. The number of benzene rings is 2. The van der Waals surface area contributed by atoms with Gasteiger partial charge in [-0.1, -0.05) is 12.1 Å². The molecule has 33 heavy (non-hydrogen) atoms. The van der Waals surface area contributed by atoms with Gasteiger partial charge >= 0.3 is 5.97 Å². The van der Waals surface area contributed by atoms with Crippen molar-refractivity contribution in [3.8, 4) is 11.5 Å². The van der Waals surface area contributed by atoms with Gasteiger partial charge < -0.3 is 19.1 Å². The maximum absolute atomic E-state index is 13.6. The molecule has 0 saturated carbocycles. The minimum atomic E-state index is -4.10. The molecule has 0 N–H and O–H groups in total. The molecular weight excluding hydrogens is 448 g/mol. The molecule has 0 bridgehead atoms. The second-order valence-corrected chi connectivity index (χ2v) is 9.40. The highest BCUT2D eigenvalue weighted by atomic mass is 32.2. The minimum absolute atomic E-state index is 0.0198. The van der Waals surface area contributed by atoms with Crippen molar-refractivity contribution >= 4 is 27.6 Å². The molecule has 2 aromatic rings. The average Bonchev–Trinajstić information content (AvgIpc) is 2.86. The number of para-hydroxylation sites is 2. The van der Waals surface area contributed by atoms with E-state index in [4.69, 9.17) is 14.2 Å². The number of carbonyl (C=O) groups is 2. The van der Waals surface area contributed by atoms with Gasteiger partial charge in [-0.15, -0.1) is 0 Å². The standard InChI is InChI=1S/C23H28N2O7S/c1-30-18-8-10-19(11-9-18)33(28,29)25(20-6-4-5-7-21(20)31-2)16-22(26)24-14-12-17(13-15-24)23(27)32-3/h4-11,17H,12-16H2,1-3H3. The number of nitrogens with zero attached hydrogens (tertiary/aromatic N) is 2. The Morgan fingerprint density at radius 2 is 1.61 bits per heavy atom. The second-order valence-electron chi connectivity index (χ2n) is 7.54. The van der Waals surface area contributed by atoms with Crippen LogP contribution < -0.4 is 13.8 Å². The average molecular weight is 477 g/mol. The molecule has 1 heterocycles. The zero-order valence-corrected chi connectivity index (χ0v) is 19.7. The van der Waals surface area contributed by atoms with Crippen LogP contribution in [0.1, 0.15) is 12.8 Å². The molecule has 0 spiro atoms. The summed E-state index contributed by atoms with van der Waals surface area (Å²) in [5, 5.41) is 0. The first-order valence-electron chi connectivity index (χ1n) is 10.5. The lowest BCUT2D eigenvalue weighted by atomic mass is 9.97. The first kappa shape index (κ1) is 24.4. The number of methoxy groups -OCH3 is 3. The number of amides is 1. The van der Waals surface area contributed by atoms with Crippen LogP contribution in [0.25, 0.3) is 0 Å². The summed E-state index contributed by atoms with van der Waals surface area (Å²) in [5.41, 5.74) is 0.258. The Balaban J connectivity index is 1.90. The molecule has 0 atom stereocenters. The van der Waals surface area contributed by atoms with Gasteiger partial charge in [-0.2, -0.15) is 0 Å². The van der Waals surface area contributed by atoms with Crippen molar-refractivity contribution in [3.05, 3.63) is 48.5 Å². The Morgan fingerprint density at radius 3 is 2.18 bits per heavy atom. The van der Waals surface area contributed by atoms with E-state index < -0.39 is 16.6 Å². The Morgan fingerprint density at radius 1 is 0.970 bits per heavy atom. The first-order chi connectivity index (χ1) is 15.8. The van der Waals surface area contributed by atoms with Gasteiger partial charge in [0.1, 0.15) is 18.0 Å². The van der Waals surface area contributed by atoms with Crippen LogP contribution in [0, 0.1) is 5.92 Å². The number of sulfonamides is 1. The third kappa shape index (κ3) is 5.39. The van der Waals surface area contributed by atoms with E-state index in [2.05, 4.69) is 0 Å². The van der Waals surface area contributed by atoms with E-state index in [1.165, 1.54) is 33.5 Å². The van der Waals surface area contributed by atoms with Gasteiger partial charge in [0.15, 0.2) is 0 Å². The van der Waals surface area contributed by atoms with Gasteiger partial charge in [-0.05, 0) is 49.2 Å². The van der Waals surface area contributed by atoms with Crippen molar-refractivity contribution in [2.75, 3.05) is 45.3 Å². The predicted molar refractivity (Wildman–Crippen MR) is 122 cm³/mol. The molecule has 0 unspecified atom stereocenters. The maximum Gasteiger partial charge on any atom is 0.308 e. The Bertz CT molecular complexity index is 1080. The van der Waals surface area contributed by atoms with Crippen LogP contribution in [-0.4, -0.2) is 66.2 Å². The molecule has 3 rings (SSSR count). The van der Waals surface area contributed by atoms with E-state index in [0.717, 1.165) is 4.31 Å². The molecule has 1 saturated heterocycles. The zero-order chi connectivity index (χ0) is 24.0. The topological polar surface area (TPSA) is 102 Å². The van der Waals surface area contributed by atoms with Crippen molar-refractivity contribution in [2.45, 2.75) is 17.7 Å². The molecule has 1 aliphatic heterocycles. The first-order valence-corrected chi connectivity index (χ1v) is 11.9. The summed E-state index contributed by atoms with van der Waals surface area (Å²) in [7, 11) is 0.178. The highest BCUT2D eigenvalue weighted by Gasteiger charge is 2.33. The molecule has 0 radical (unpaired) electrons. The van der Waals surface area contributed by atoms with Crippen LogP contribution in [0.15, 0.2) is 53.4 Å². The van der Waals surface area contributed by atoms with Crippen LogP contribution >= 0.6 is 0 Å². The van der Waals surface area contributed by atoms with Gasteiger partial charge in [0.2, 0.25) is 5.91 Å². The van der Waals surface area contributed by atoms with E-state index in [9.17, 15) is 18.0 Å². The summed E-state index contributed by atoms with van der Waals surface area (Å²) < 4.78 is 43.5. The summed E-state index contributed by atoms with van der Waals surface area (Å²) in [4.78, 5) is 26.5. The SMILES string of the molecule is COC(=O)C1CCN(C(=O)CN(c2ccccc2OC)S(=O)(=O)c2ccc(OC)cc2)CC1. The smallest absolute Gasteiger partial charge is 0.308 e. The summed E-state index contributed by atoms with van der Waals surface area (Å²) >= 11 is 0. The van der Waals surface area contributed by atoms with Crippen LogP contribution in [0.2, 0.25) is 0 Å². The van der Waals surface area contributed by atoms with E-state index >= 15 is 0 Å². The molecule has 1 aliphatic rings. The predicted octanol–water partition coefficient (Wildman–Crippen LogP) is 2.31. The number of ether oxygens (including phenoxy) is 3. The number of carbonyl (C=O) groups excluding carboxylic acids is 2. The van der Waals surface area contributed by atoms with Crippen molar-refractivity contribution in [1.82, 2.24) is 4.90 Å². The lowest BCUT2D eigenvalue weighted by molar-refractivity contribution is -0.148. The van der Waals surface area contributed by atoms with Crippen LogP contribution in [0.5, 0.6) is 11.5 Å². The normalized spacial score (nSPS) is 14.5. The largest absolute Gasteiger partial charge is 0.497 e. The molecular formula is C23H28N2O7S. The molecule has 0 aromatic heterocycles. The van der Waals surface area contributed by atoms with Crippen molar-refractivity contribution < 1.29 is 32.2 Å². The molecule has 10 heteroatoms. The fourth-order valence-corrected chi connectivity index (χ4v) is 5.19. The van der Waals surface area contributed by atoms with Gasteiger partial charge in [-0.25, -0.2) is 8.42 Å². The van der Waals surface area contributed by atoms with Crippen LogP contribution in [0.3, 0.4) is 0 Å². The molecule has 2 aromatic carbocycles. The summed E-state index contributed by atoms with van der Waals surface area (Å²) in [6.45, 7) is 0.291. The van der Waals surface area contributed by atoms with E-state index in [0.29, 0.717) is 37.4 Å². The summed E-state index contributed by atoms with van der Waals surface area (Å²) in [6, 6.07) is 12.6. The van der Waals surface area contributed by atoms with Crippen molar-refractivity contribution in [1.29, 1.82) is 0 Å². The molecule has 0 aliphatic carbocycles. The monoisotopic (exact) mass is 476 g/mol. The van der Waals surface area contributed by atoms with E-state index in [1.807, 2.05) is 0 Å². The number of esters is 1. The molecule has 9 nitrogen and oxygen atoms in total. The maximum atomic E-state index is 13.6. The van der Waals surface area contributed by atoms with Crippen LogP contribution in [-0.2, 0) is 24.3 Å². The Hall–Kier alpha value is -3.27. The molecule has 1 amide bonds. The van der Waals surface area contributed by atoms with Gasteiger partial charge in [-0.3, -0.25) is 13.9 Å². The molecule has 178 valence electrons. The number of hydrogen-bond donors (Lipinski definition) is 0. The number of piperidine rings is 1. The second kappa shape index (κ2) is 10.6. The lowest BCUT2D eigenvalue weighted by Crippen LogP contribution is -2.46. The number of anilines is 1. The van der Waals surface area contributed by atoms with Gasteiger partial charge in [0.05, 0.1) is 37.8 Å². The van der Waals surface area contributed by atoms with Crippen molar-refractivity contribution in [2.24, 2.45) is 5.92 Å². The summed E-state index contributed by atoms with van der Waals surface area (Å²) in [5.74, 6) is -0.0670. The fraction of sp³-hybridized carbons (Fsp3) is 0.391. The Kier molecular flexibility index (Phi) is 7.80. The quantitative estimate of drug-likeness (QED) is 0.539.